The number of nitrogens with zero attached hydrogens (tertiary/aromatic N) is 5. The molecule has 1 atom stereocenters. The van der Waals surface area contributed by atoms with Crippen molar-refractivity contribution in [1.29, 1.82) is 0 Å². The number of carbonyl (C=O) groups excluding carboxylic acids is 1. The molecule has 1 N–H and O–H groups in total. The van der Waals surface area contributed by atoms with E-state index in [1.165, 1.54) is 11.3 Å². The molecule has 4 heterocycles. The SMILES string of the molecule is CN=Cc1cccc(-c2ccc3c(n2)N(C(=O)Nc2nc(C)c(C)s2)[C@H]2CCN3C2)c1. The van der Waals surface area contributed by atoms with Gasteiger partial charge in [0.05, 0.1) is 23.1 Å². The summed E-state index contributed by atoms with van der Waals surface area (Å²) in [6.07, 6.45) is 2.75. The fourth-order valence-corrected chi connectivity index (χ4v) is 5.04. The maximum Gasteiger partial charge on any atom is 0.329 e. The summed E-state index contributed by atoms with van der Waals surface area (Å²) < 4.78 is 0. The first-order chi connectivity index (χ1) is 15.0. The van der Waals surface area contributed by atoms with Crippen LogP contribution in [0, 0.1) is 13.8 Å². The monoisotopic (exact) mass is 432 g/mol. The van der Waals surface area contributed by atoms with E-state index in [0.29, 0.717) is 10.9 Å². The van der Waals surface area contributed by atoms with Gasteiger partial charge in [0.15, 0.2) is 10.9 Å². The molecule has 7 nitrogen and oxygen atoms in total. The van der Waals surface area contributed by atoms with Gasteiger partial charge in [0.2, 0.25) is 0 Å². The number of aryl methyl sites for hydroxylation is 2. The maximum absolute atomic E-state index is 13.3. The van der Waals surface area contributed by atoms with Gasteiger partial charge in [-0.1, -0.05) is 18.2 Å². The van der Waals surface area contributed by atoms with E-state index in [0.717, 1.165) is 52.6 Å². The van der Waals surface area contributed by atoms with E-state index in [-0.39, 0.29) is 12.1 Å². The van der Waals surface area contributed by atoms with Crippen LogP contribution in [0.5, 0.6) is 0 Å². The van der Waals surface area contributed by atoms with Crippen LogP contribution in [0.4, 0.5) is 21.4 Å². The van der Waals surface area contributed by atoms with Gasteiger partial charge in [-0.3, -0.25) is 15.2 Å². The van der Waals surface area contributed by atoms with Gasteiger partial charge in [-0.25, -0.2) is 14.8 Å². The zero-order chi connectivity index (χ0) is 21.5. The van der Waals surface area contributed by atoms with Crippen molar-refractivity contribution < 1.29 is 4.79 Å². The fraction of sp³-hybridized carbons (Fsp3) is 0.304. The van der Waals surface area contributed by atoms with Gasteiger partial charge >= 0.3 is 6.03 Å². The number of anilines is 3. The van der Waals surface area contributed by atoms with Crippen molar-refractivity contribution >= 4 is 40.2 Å². The third kappa shape index (κ3) is 3.57. The number of hydrogen-bond donors (Lipinski definition) is 1. The molecular formula is C23H24N6OS. The Morgan fingerprint density at radius 3 is 2.90 bits per heavy atom. The highest BCUT2D eigenvalue weighted by atomic mass is 32.1. The van der Waals surface area contributed by atoms with Crippen LogP contribution in [0.2, 0.25) is 0 Å². The van der Waals surface area contributed by atoms with Crippen LogP contribution in [0.1, 0.15) is 22.6 Å². The molecule has 158 valence electrons. The Kier molecular flexibility index (Phi) is 4.94. The first-order valence-corrected chi connectivity index (χ1v) is 11.2. The highest BCUT2D eigenvalue weighted by Gasteiger charge is 2.40. The smallest absolute Gasteiger partial charge is 0.329 e. The van der Waals surface area contributed by atoms with E-state index in [4.69, 9.17) is 4.98 Å². The van der Waals surface area contributed by atoms with Crippen LogP contribution >= 0.6 is 11.3 Å². The molecule has 2 aliphatic heterocycles. The minimum absolute atomic E-state index is 0.107. The summed E-state index contributed by atoms with van der Waals surface area (Å²) in [6.45, 7) is 5.73. The van der Waals surface area contributed by atoms with Crippen molar-refractivity contribution in [3.63, 3.8) is 0 Å². The third-order valence-corrected chi connectivity index (χ3v) is 6.86. The summed E-state index contributed by atoms with van der Waals surface area (Å²) in [5.74, 6) is 0.711. The molecule has 3 aromatic rings. The second-order valence-electron chi connectivity index (χ2n) is 7.90. The number of carbonyl (C=O) groups is 1. The number of pyridine rings is 1. The quantitative estimate of drug-likeness (QED) is 0.619. The van der Waals surface area contributed by atoms with E-state index in [9.17, 15) is 4.79 Å². The lowest BCUT2D eigenvalue weighted by Gasteiger charge is -2.35. The lowest BCUT2D eigenvalue weighted by Crippen LogP contribution is -2.48. The van der Waals surface area contributed by atoms with Gasteiger partial charge in [0.1, 0.15) is 0 Å². The molecule has 5 rings (SSSR count). The average Bonchev–Trinajstić information content (AvgIpc) is 3.31. The topological polar surface area (TPSA) is 73.7 Å². The van der Waals surface area contributed by atoms with Crippen molar-refractivity contribution in [1.82, 2.24) is 9.97 Å². The molecule has 2 aliphatic rings. The Morgan fingerprint density at radius 1 is 1.26 bits per heavy atom. The van der Waals surface area contributed by atoms with Crippen molar-refractivity contribution in [3.8, 4) is 11.3 Å². The number of aliphatic imine (C=N–C) groups is 1. The van der Waals surface area contributed by atoms with Gasteiger partial charge in [0.25, 0.3) is 0 Å². The number of benzene rings is 1. The van der Waals surface area contributed by atoms with Gasteiger partial charge in [0, 0.05) is 36.8 Å². The second kappa shape index (κ2) is 7.77. The van der Waals surface area contributed by atoms with Crippen LogP contribution in [-0.2, 0) is 0 Å². The van der Waals surface area contributed by atoms with Crippen molar-refractivity contribution in [3.05, 3.63) is 52.5 Å². The van der Waals surface area contributed by atoms with Crippen LogP contribution in [0.3, 0.4) is 0 Å². The molecule has 31 heavy (non-hydrogen) atoms. The number of amides is 2. The average molecular weight is 433 g/mol. The minimum atomic E-state index is -0.168. The Morgan fingerprint density at radius 2 is 2.13 bits per heavy atom. The number of hydrogen-bond acceptors (Lipinski definition) is 6. The first kappa shape index (κ1) is 19.7. The summed E-state index contributed by atoms with van der Waals surface area (Å²) >= 11 is 1.50. The van der Waals surface area contributed by atoms with Crippen LogP contribution in [0.15, 0.2) is 41.4 Å². The van der Waals surface area contributed by atoms with Gasteiger partial charge in [-0.2, -0.15) is 0 Å². The third-order valence-electron chi connectivity index (χ3n) is 5.87. The number of urea groups is 1. The molecule has 2 amide bonds. The number of aromatic nitrogens is 2. The number of rotatable bonds is 3. The minimum Gasteiger partial charge on any atom is -0.366 e. The zero-order valence-corrected chi connectivity index (χ0v) is 18.6. The van der Waals surface area contributed by atoms with Crippen LogP contribution in [-0.4, -0.2) is 48.4 Å². The Hall–Kier alpha value is -3.26. The molecule has 2 bridgehead atoms. The predicted molar refractivity (Wildman–Crippen MR) is 127 cm³/mol. The van der Waals surface area contributed by atoms with E-state index < -0.39 is 0 Å². The fourth-order valence-electron chi connectivity index (χ4n) is 4.24. The van der Waals surface area contributed by atoms with Crippen LogP contribution < -0.4 is 15.1 Å². The Balaban J connectivity index is 1.52. The molecule has 1 fully saturated rings. The van der Waals surface area contributed by atoms with Crippen molar-refractivity contribution in [2.24, 2.45) is 4.99 Å². The van der Waals surface area contributed by atoms with Gasteiger partial charge in [-0.15, -0.1) is 11.3 Å². The van der Waals surface area contributed by atoms with E-state index in [1.807, 2.05) is 49.2 Å². The molecular weight excluding hydrogens is 408 g/mol. The molecule has 0 radical (unpaired) electrons. The lowest BCUT2D eigenvalue weighted by molar-refractivity contribution is 0.255. The summed E-state index contributed by atoms with van der Waals surface area (Å²) in [5, 5.41) is 3.63. The maximum atomic E-state index is 13.3. The van der Waals surface area contributed by atoms with Gasteiger partial charge < -0.3 is 4.90 Å². The zero-order valence-electron chi connectivity index (χ0n) is 17.8. The number of nitrogens with one attached hydrogen (secondary N) is 1. The molecule has 1 aromatic carbocycles. The number of fused-ring (bicyclic) bond motifs is 4. The predicted octanol–water partition coefficient (Wildman–Crippen LogP) is 4.50. The molecule has 1 saturated heterocycles. The molecule has 2 aromatic heterocycles. The molecule has 0 aliphatic carbocycles. The van der Waals surface area contributed by atoms with Crippen molar-refractivity contribution in [2.45, 2.75) is 26.3 Å². The Labute approximate surface area is 185 Å². The highest BCUT2D eigenvalue weighted by Crippen LogP contribution is 2.40. The summed E-state index contributed by atoms with van der Waals surface area (Å²) in [7, 11) is 1.76. The van der Waals surface area contributed by atoms with E-state index in [1.54, 1.807) is 7.05 Å². The largest absolute Gasteiger partial charge is 0.366 e. The van der Waals surface area contributed by atoms with Crippen molar-refractivity contribution in [2.75, 3.05) is 35.3 Å². The highest BCUT2D eigenvalue weighted by molar-refractivity contribution is 7.15. The summed E-state index contributed by atoms with van der Waals surface area (Å²) in [6, 6.07) is 12.2. The second-order valence-corrected chi connectivity index (χ2v) is 9.10. The summed E-state index contributed by atoms with van der Waals surface area (Å²) in [5.41, 5.74) is 4.81. The molecule has 0 saturated carbocycles. The van der Waals surface area contributed by atoms with E-state index in [2.05, 4.69) is 32.3 Å². The summed E-state index contributed by atoms with van der Waals surface area (Å²) in [4.78, 5) is 32.1. The lowest BCUT2D eigenvalue weighted by atomic mass is 10.1. The molecule has 0 spiro atoms. The van der Waals surface area contributed by atoms with Gasteiger partial charge in [-0.05, 0) is 44.0 Å². The number of thiazole rings is 1. The first-order valence-electron chi connectivity index (χ1n) is 10.4. The molecule has 8 heteroatoms. The van der Waals surface area contributed by atoms with E-state index >= 15 is 0 Å². The Bertz CT molecular complexity index is 1170. The normalized spacial score (nSPS) is 17.3. The van der Waals surface area contributed by atoms with Crippen LogP contribution in [0.25, 0.3) is 11.3 Å². The standard InChI is InChI=1S/C23H24N6OS/c1-14-15(2)31-22(25-14)27-23(30)29-18-9-10-28(13-18)20-8-7-19(26-21(20)29)17-6-4-5-16(11-17)12-24-3/h4-8,11-12,18H,9-10,13H2,1-3H3,(H,25,27,30)/t18-/m0/s1. The molecule has 0 unspecified atom stereocenters.